The average molecular weight is 370 g/mol. The lowest BCUT2D eigenvalue weighted by atomic mass is 9.97. The number of aromatic amines is 1. The van der Waals surface area contributed by atoms with Gasteiger partial charge in [-0.25, -0.2) is 4.79 Å². The molecule has 0 bridgehead atoms. The first kappa shape index (κ1) is 16.4. The molecule has 1 saturated heterocycles. The Morgan fingerprint density at radius 2 is 2.00 bits per heavy atom. The molecule has 1 fully saturated rings. The van der Waals surface area contributed by atoms with Crippen LogP contribution >= 0.6 is 0 Å². The number of ether oxygens (including phenoxy) is 2. The summed E-state index contributed by atoms with van der Waals surface area (Å²) in [7, 11) is 0. The highest BCUT2D eigenvalue weighted by atomic mass is 16.7. The smallest absolute Gasteiger partial charge is 0.356 e. The monoisotopic (exact) mass is 370 g/mol. The summed E-state index contributed by atoms with van der Waals surface area (Å²) in [6, 6.07) is 6.59. The number of carboxylic acids is 1. The Morgan fingerprint density at radius 1 is 1.19 bits per heavy atom. The molecule has 2 N–H and O–H groups in total. The summed E-state index contributed by atoms with van der Waals surface area (Å²) in [5.41, 5.74) is 3.17. The molecule has 1 aromatic carbocycles. The molecule has 5 rings (SSSR count). The Bertz CT molecular complexity index is 873. The van der Waals surface area contributed by atoms with E-state index in [2.05, 4.69) is 32.1 Å². The van der Waals surface area contributed by atoms with Gasteiger partial charge in [0.15, 0.2) is 17.2 Å². The summed E-state index contributed by atoms with van der Waals surface area (Å²) >= 11 is 0. The van der Waals surface area contributed by atoms with Gasteiger partial charge in [0.25, 0.3) is 0 Å². The maximum absolute atomic E-state index is 11.4. The average Bonchev–Trinajstić information content (AvgIpc) is 3.33. The molecular weight excluding hydrogens is 348 g/mol. The van der Waals surface area contributed by atoms with Crippen LogP contribution in [0.1, 0.15) is 34.6 Å². The van der Waals surface area contributed by atoms with Crippen molar-refractivity contribution in [2.24, 2.45) is 0 Å². The first-order valence-electron chi connectivity index (χ1n) is 9.37. The third-order valence-electron chi connectivity index (χ3n) is 5.87. The summed E-state index contributed by atoms with van der Waals surface area (Å²) in [6.07, 6.45) is 2.95. The molecule has 27 heavy (non-hydrogen) atoms. The fourth-order valence-electron chi connectivity index (χ4n) is 4.38. The molecular formula is C19H22N4O4. The molecule has 2 aromatic rings. The van der Waals surface area contributed by atoms with Crippen molar-refractivity contribution in [3.63, 3.8) is 0 Å². The van der Waals surface area contributed by atoms with Crippen LogP contribution in [0.25, 0.3) is 0 Å². The first-order chi connectivity index (χ1) is 13.2. The van der Waals surface area contributed by atoms with Crippen molar-refractivity contribution in [3.05, 3.63) is 35.2 Å². The second-order valence-corrected chi connectivity index (χ2v) is 7.31. The number of piperidine rings is 1. The number of rotatable bonds is 3. The minimum Gasteiger partial charge on any atom is -0.476 e. The van der Waals surface area contributed by atoms with E-state index in [1.54, 1.807) is 0 Å². The van der Waals surface area contributed by atoms with Gasteiger partial charge in [0.1, 0.15) is 0 Å². The molecule has 0 radical (unpaired) electrons. The van der Waals surface area contributed by atoms with Crippen LogP contribution in [0.2, 0.25) is 0 Å². The van der Waals surface area contributed by atoms with Crippen molar-refractivity contribution in [1.29, 1.82) is 0 Å². The van der Waals surface area contributed by atoms with Gasteiger partial charge in [-0.3, -0.25) is 10.00 Å². The third kappa shape index (κ3) is 2.90. The lowest BCUT2D eigenvalue weighted by Gasteiger charge is -2.40. The summed E-state index contributed by atoms with van der Waals surface area (Å²) in [5.74, 6) is 0.679. The molecule has 3 aliphatic rings. The Labute approximate surface area is 156 Å². The molecule has 0 unspecified atom stereocenters. The Balaban J connectivity index is 1.24. The van der Waals surface area contributed by atoms with Gasteiger partial charge in [-0.1, -0.05) is 0 Å². The minimum absolute atomic E-state index is 0.174. The SMILES string of the molecule is O=C(O)c1n[nH]c2c1CN(C1CCN(c3ccc4c(c3)OCO4)CC1)CC2. The standard InChI is InChI=1S/C19H22N4O4/c24-19(25)18-14-10-23(8-5-15(14)20-21-18)12-3-6-22(7-4-12)13-1-2-16-17(9-13)27-11-26-16/h1-2,9,12H,3-8,10-11H2,(H,20,21)(H,24,25). The van der Waals surface area contributed by atoms with Gasteiger partial charge in [-0.15, -0.1) is 0 Å². The summed E-state index contributed by atoms with van der Waals surface area (Å²) in [4.78, 5) is 16.2. The van der Waals surface area contributed by atoms with E-state index in [-0.39, 0.29) is 5.69 Å². The van der Waals surface area contributed by atoms with Crippen LogP contribution < -0.4 is 14.4 Å². The van der Waals surface area contributed by atoms with Crippen molar-refractivity contribution in [2.75, 3.05) is 31.3 Å². The number of carboxylic acid groups (broad SMARTS) is 1. The minimum atomic E-state index is -0.952. The summed E-state index contributed by atoms with van der Waals surface area (Å²) < 4.78 is 10.9. The van der Waals surface area contributed by atoms with E-state index in [1.165, 1.54) is 5.69 Å². The normalized spacial score (nSPS) is 19.9. The summed E-state index contributed by atoms with van der Waals surface area (Å²) in [6.45, 7) is 3.87. The maximum atomic E-state index is 11.4. The van der Waals surface area contributed by atoms with Gasteiger partial charge >= 0.3 is 5.97 Å². The maximum Gasteiger partial charge on any atom is 0.356 e. The molecule has 8 heteroatoms. The third-order valence-corrected chi connectivity index (χ3v) is 5.87. The Hall–Kier alpha value is -2.74. The zero-order valence-electron chi connectivity index (χ0n) is 15.0. The number of aromatic carboxylic acids is 1. The zero-order valence-corrected chi connectivity index (χ0v) is 15.0. The van der Waals surface area contributed by atoms with E-state index in [4.69, 9.17) is 9.47 Å². The lowest BCUT2D eigenvalue weighted by molar-refractivity contribution is 0.0686. The van der Waals surface area contributed by atoms with Crippen molar-refractivity contribution in [2.45, 2.75) is 31.8 Å². The van der Waals surface area contributed by atoms with Gasteiger partial charge in [0.2, 0.25) is 6.79 Å². The number of nitrogens with zero attached hydrogens (tertiary/aromatic N) is 3. The second-order valence-electron chi connectivity index (χ2n) is 7.31. The van der Waals surface area contributed by atoms with Crippen molar-refractivity contribution in [3.8, 4) is 11.5 Å². The molecule has 0 amide bonds. The van der Waals surface area contributed by atoms with E-state index < -0.39 is 5.97 Å². The summed E-state index contributed by atoms with van der Waals surface area (Å²) in [5, 5.41) is 16.2. The molecule has 142 valence electrons. The van der Waals surface area contributed by atoms with Crippen LogP contribution in [0.15, 0.2) is 18.2 Å². The highest BCUT2D eigenvalue weighted by Gasteiger charge is 2.31. The van der Waals surface area contributed by atoms with Crippen LogP contribution in [-0.2, 0) is 13.0 Å². The van der Waals surface area contributed by atoms with Crippen LogP contribution in [0, 0.1) is 0 Å². The van der Waals surface area contributed by atoms with Crippen molar-refractivity contribution >= 4 is 11.7 Å². The quantitative estimate of drug-likeness (QED) is 0.852. The van der Waals surface area contributed by atoms with Gasteiger partial charge in [-0.05, 0) is 25.0 Å². The van der Waals surface area contributed by atoms with Crippen molar-refractivity contribution in [1.82, 2.24) is 15.1 Å². The number of hydrogen-bond donors (Lipinski definition) is 2. The van der Waals surface area contributed by atoms with Gasteiger partial charge < -0.3 is 19.5 Å². The molecule has 0 aliphatic carbocycles. The largest absolute Gasteiger partial charge is 0.476 e. The number of aromatic nitrogens is 2. The predicted octanol–water partition coefficient (Wildman–Crippen LogP) is 1.86. The van der Waals surface area contributed by atoms with Gasteiger partial charge in [-0.2, -0.15) is 5.10 Å². The highest BCUT2D eigenvalue weighted by molar-refractivity contribution is 5.87. The molecule has 3 aliphatic heterocycles. The van der Waals surface area contributed by atoms with Crippen molar-refractivity contribution < 1.29 is 19.4 Å². The lowest BCUT2D eigenvalue weighted by Crippen LogP contribution is -2.46. The van der Waals surface area contributed by atoms with Gasteiger partial charge in [0.05, 0.1) is 0 Å². The van der Waals surface area contributed by atoms with Crippen LogP contribution in [-0.4, -0.2) is 58.6 Å². The van der Waals surface area contributed by atoms with E-state index >= 15 is 0 Å². The van der Waals surface area contributed by atoms with Crippen LogP contribution in [0.4, 0.5) is 5.69 Å². The molecule has 0 atom stereocenters. The van der Waals surface area contributed by atoms with E-state index in [0.717, 1.165) is 61.7 Å². The zero-order chi connectivity index (χ0) is 18.4. The van der Waals surface area contributed by atoms with E-state index in [1.807, 2.05) is 6.07 Å². The first-order valence-corrected chi connectivity index (χ1v) is 9.37. The number of anilines is 1. The molecule has 0 spiro atoms. The number of nitrogens with one attached hydrogen (secondary N) is 1. The topological polar surface area (TPSA) is 90.9 Å². The number of H-pyrrole nitrogens is 1. The Kier molecular flexibility index (Phi) is 3.93. The predicted molar refractivity (Wildman–Crippen MR) is 97.5 cm³/mol. The molecule has 4 heterocycles. The second kappa shape index (κ2) is 6.45. The fraction of sp³-hybridized carbons (Fsp3) is 0.474. The van der Waals surface area contributed by atoms with Crippen LogP contribution in [0.5, 0.6) is 11.5 Å². The van der Waals surface area contributed by atoms with Gasteiger partial charge in [0, 0.05) is 61.7 Å². The number of fused-ring (bicyclic) bond motifs is 2. The van der Waals surface area contributed by atoms with E-state index in [9.17, 15) is 9.90 Å². The molecule has 1 aromatic heterocycles. The highest BCUT2D eigenvalue weighted by Crippen LogP contribution is 2.36. The number of carbonyl (C=O) groups is 1. The number of benzene rings is 1. The Morgan fingerprint density at radius 3 is 2.81 bits per heavy atom. The van der Waals surface area contributed by atoms with E-state index in [0.29, 0.717) is 19.4 Å². The number of hydrogen-bond acceptors (Lipinski definition) is 6. The van der Waals surface area contributed by atoms with Crippen LogP contribution in [0.3, 0.4) is 0 Å². The molecule has 0 saturated carbocycles. The molecule has 8 nitrogen and oxygen atoms in total. The fourth-order valence-corrected chi connectivity index (χ4v) is 4.38.